The summed E-state index contributed by atoms with van der Waals surface area (Å²) in [6.07, 6.45) is 8.31. The summed E-state index contributed by atoms with van der Waals surface area (Å²) in [4.78, 5) is 0. The number of hydrogen-bond acceptors (Lipinski definition) is 0. The molecular weight excluding hydrogens is 372 g/mol. The van der Waals surface area contributed by atoms with Gasteiger partial charge in [0.2, 0.25) is 0 Å². The quantitative estimate of drug-likeness (QED) is 0.551. The Morgan fingerprint density at radius 1 is 1.50 bits per heavy atom. The second-order valence-electron chi connectivity index (χ2n) is 2.04. The molecule has 1 heterocycles. The van der Waals surface area contributed by atoms with Crippen molar-refractivity contribution < 1.29 is 0 Å². The molecule has 2 aliphatic rings. The first kappa shape index (κ1) is 8.19. The van der Waals surface area contributed by atoms with Gasteiger partial charge in [0.05, 0.1) is 0 Å². The molecule has 1 aliphatic carbocycles. The van der Waals surface area contributed by atoms with Crippen LogP contribution in [0.5, 0.6) is 0 Å². The molecular formula is C6H6As4. The first-order valence-electron chi connectivity index (χ1n) is 3.06. The third kappa shape index (κ3) is 1.84. The van der Waals surface area contributed by atoms with Gasteiger partial charge in [0, 0.05) is 0 Å². The Bertz CT molecular complexity index is 236. The zero-order chi connectivity index (χ0) is 6.81. The SMILES string of the molecule is C1=CCC([As]2C=[As][As]=[As]2)=C1. The molecule has 0 bridgehead atoms. The first-order valence-corrected chi connectivity index (χ1v) is 21.8. The van der Waals surface area contributed by atoms with Gasteiger partial charge in [0.15, 0.2) is 0 Å². The van der Waals surface area contributed by atoms with Crippen molar-refractivity contribution in [3.8, 4) is 0 Å². The van der Waals surface area contributed by atoms with Crippen LogP contribution in [-0.4, -0.2) is 51.6 Å². The van der Waals surface area contributed by atoms with Crippen LogP contribution < -0.4 is 0 Å². The molecule has 0 aromatic carbocycles. The van der Waals surface area contributed by atoms with Gasteiger partial charge in [0.1, 0.15) is 0 Å². The Kier molecular flexibility index (Phi) is 3.28. The van der Waals surface area contributed by atoms with Gasteiger partial charge in [-0.05, 0) is 0 Å². The standard InChI is InChI=1S/C6H6As4/c1-2-4-6(3-1)10-5-7-8-9-10/h1-3,5H,4H2. The minimum absolute atomic E-state index is 0.347. The molecule has 0 amide bonds. The summed E-state index contributed by atoms with van der Waals surface area (Å²) in [5.41, 5.74) is 0. The summed E-state index contributed by atoms with van der Waals surface area (Å²) in [5, 5.41) is 0. The fourth-order valence-corrected chi connectivity index (χ4v) is 116. The molecule has 0 spiro atoms. The monoisotopic (exact) mass is 378 g/mol. The summed E-state index contributed by atoms with van der Waals surface area (Å²) in [5.74, 6) is 0. The van der Waals surface area contributed by atoms with Crippen molar-refractivity contribution in [1.82, 2.24) is 0 Å². The molecule has 0 aromatic heterocycles. The first-order chi connectivity index (χ1) is 4.97. The third-order valence-electron chi connectivity index (χ3n) is 1.39. The summed E-state index contributed by atoms with van der Waals surface area (Å²) in [6.45, 7) is 0. The van der Waals surface area contributed by atoms with Gasteiger partial charge in [-0.25, -0.2) is 0 Å². The molecule has 0 saturated carbocycles. The van der Waals surface area contributed by atoms with Crippen molar-refractivity contribution in [2.45, 2.75) is 6.42 Å². The van der Waals surface area contributed by atoms with E-state index in [2.05, 4.69) is 21.8 Å². The van der Waals surface area contributed by atoms with Crippen molar-refractivity contribution >= 4 is 51.6 Å². The van der Waals surface area contributed by atoms with E-state index in [0.717, 1.165) is 35.4 Å². The molecule has 1 unspecified atom stereocenters. The van der Waals surface area contributed by atoms with E-state index in [1.807, 2.05) is 4.36 Å². The summed E-state index contributed by atoms with van der Waals surface area (Å²) >= 11 is 2.32. The van der Waals surface area contributed by atoms with Crippen LogP contribution in [0, 0.1) is 0 Å². The number of allylic oxidation sites excluding steroid dienone is 4. The van der Waals surface area contributed by atoms with Crippen molar-refractivity contribution in [2.24, 2.45) is 0 Å². The molecule has 0 radical (unpaired) electrons. The Labute approximate surface area is 79.5 Å². The Morgan fingerprint density at radius 3 is 3.10 bits per heavy atom. The van der Waals surface area contributed by atoms with Gasteiger partial charge in [-0.15, -0.1) is 0 Å². The van der Waals surface area contributed by atoms with Gasteiger partial charge in [-0.1, -0.05) is 0 Å². The van der Waals surface area contributed by atoms with Crippen LogP contribution in [0.25, 0.3) is 0 Å². The van der Waals surface area contributed by atoms with E-state index in [1.54, 1.807) is 0 Å². The second-order valence-corrected chi connectivity index (χ2v) is 40.3. The van der Waals surface area contributed by atoms with E-state index in [9.17, 15) is 0 Å². The maximum atomic E-state index is 2.79. The van der Waals surface area contributed by atoms with Crippen LogP contribution in [-0.2, 0) is 0 Å². The van der Waals surface area contributed by atoms with Crippen LogP contribution in [0.3, 0.4) is 0 Å². The number of rotatable bonds is 1. The molecule has 0 N–H and O–H groups in total. The van der Waals surface area contributed by atoms with E-state index in [4.69, 9.17) is 0 Å². The molecule has 0 saturated heterocycles. The second kappa shape index (κ2) is 4.00. The van der Waals surface area contributed by atoms with Crippen LogP contribution in [0.4, 0.5) is 0 Å². The molecule has 1 aliphatic heterocycles. The van der Waals surface area contributed by atoms with E-state index in [0.29, 0.717) is 0 Å². The summed E-state index contributed by atoms with van der Waals surface area (Å²) in [6, 6.07) is 0. The average molecular weight is 378 g/mol. The van der Waals surface area contributed by atoms with E-state index in [-0.39, 0.29) is 12.6 Å². The fraction of sp³-hybridized carbons (Fsp3) is 0.167. The zero-order valence-electron chi connectivity index (χ0n) is 5.31. The third-order valence-corrected chi connectivity index (χ3v) is 71.7. The molecule has 4 heteroatoms. The maximum absolute atomic E-state index is 2.79. The molecule has 1 atom stereocenters. The van der Waals surface area contributed by atoms with Crippen LogP contribution >= 0.6 is 0 Å². The predicted molar refractivity (Wildman–Crippen MR) is 50.9 cm³/mol. The van der Waals surface area contributed by atoms with Crippen LogP contribution in [0.1, 0.15) is 6.42 Å². The van der Waals surface area contributed by atoms with Crippen molar-refractivity contribution in [3.63, 3.8) is 0 Å². The fourth-order valence-electron chi connectivity index (χ4n) is 0.899. The Morgan fingerprint density at radius 2 is 2.50 bits per heavy atom. The number of hydrogen-bond donors (Lipinski definition) is 0. The van der Waals surface area contributed by atoms with Crippen molar-refractivity contribution in [2.75, 3.05) is 0 Å². The average Bonchev–Trinajstić information content (AvgIpc) is 2.59. The normalized spacial score (nSPS) is 32.8. The molecule has 0 nitrogen and oxygen atoms in total. The molecule has 50 valence electrons. The van der Waals surface area contributed by atoms with Gasteiger partial charge < -0.3 is 0 Å². The molecule has 10 heavy (non-hydrogen) atoms. The van der Waals surface area contributed by atoms with Gasteiger partial charge >= 0.3 is 80.6 Å². The molecule has 0 aromatic rings. The van der Waals surface area contributed by atoms with E-state index in [1.165, 1.54) is 6.42 Å². The van der Waals surface area contributed by atoms with E-state index < -0.39 is 0 Å². The minimum atomic E-state index is -0.347. The zero-order valence-corrected chi connectivity index (χ0v) is 12.8. The molecule has 0 fully saturated rings. The summed E-state index contributed by atoms with van der Waals surface area (Å²) < 4.78 is 4.66. The Hall–Kier alpha value is 1.58. The van der Waals surface area contributed by atoms with E-state index >= 15 is 0 Å². The van der Waals surface area contributed by atoms with Crippen LogP contribution in [0.15, 0.2) is 22.6 Å². The topological polar surface area (TPSA) is 0 Å². The van der Waals surface area contributed by atoms with Crippen molar-refractivity contribution in [3.05, 3.63) is 22.6 Å². The van der Waals surface area contributed by atoms with Crippen molar-refractivity contribution in [1.29, 1.82) is 0 Å². The van der Waals surface area contributed by atoms with Gasteiger partial charge in [-0.2, -0.15) is 0 Å². The van der Waals surface area contributed by atoms with Crippen LogP contribution in [0.2, 0.25) is 0 Å². The van der Waals surface area contributed by atoms with Gasteiger partial charge in [0.25, 0.3) is 0 Å². The molecule has 2 rings (SSSR count). The predicted octanol–water partition coefficient (Wildman–Crippen LogP) is -0.299. The van der Waals surface area contributed by atoms with Gasteiger partial charge in [-0.3, -0.25) is 0 Å². The Balaban J connectivity index is 2.14. The summed E-state index contributed by atoms with van der Waals surface area (Å²) in [7, 11) is 0.